The Morgan fingerprint density at radius 1 is 1.11 bits per heavy atom. The second-order valence-corrected chi connectivity index (χ2v) is 7.73. The summed E-state index contributed by atoms with van der Waals surface area (Å²) in [4.78, 5) is 0. The molecule has 0 aromatic carbocycles. The molecule has 0 saturated heterocycles. The Kier molecular flexibility index (Phi) is 5.70. The first kappa shape index (κ1) is 16.0. The van der Waals surface area contributed by atoms with E-state index in [2.05, 4.69) is 34.6 Å². The van der Waals surface area contributed by atoms with Gasteiger partial charge in [-0.25, -0.2) is 0 Å². The number of hydrogen-bond donors (Lipinski definition) is 1. The van der Waals surface area contributed by atoms with Gasteiger partial charge < -0.3 is 5.73 Å². The van der Waals surface area contributed by atoms with Crippen molar-refractivity contribution in [2.24, 2.45) is 28.4 Å². The van der Waals surface area contributed by atoms with Crippen molar-refractivity contribution in [2.45, 2.75) is 79.6 Å². The van der Waals surface area contributed by atoms with Crippen LogP contribution in [0.5, 0.6) is 0 Å². The monoisotopic (exact) mass is 253 g/mol. The van der Waals surface area contributed by atoms with E-state index in [4.69, 9.17) is 5.73 Å². The van der Waals surface area contributed by atoms with Gasteiger partial charge in [0.1, 0.15) is 0 Å². The number of rotatable bonds is 5. The fourth-order valence-electron chi connectivity index (χ4n) is 3.78. The van der Waals surface area contributed by atoms with Gasteiger partial charge in [-0.3, -0.25) is 0 Å². The lowest BCUT2D eigenvalue weighted by Gasteiger charge is -2.45. The van der Waals surface area contributed by atoms with Gasteiger partial charge in [0.2, 0.25) is 0 Å². The molecule has 0 heterocycles. The molecule has 0 radical (unpaired) electrons. The molecule has 18 heavy (non-hydrogen) atoms. The molecule has 0 atom stereocenters. The molecule has 0 aliphatic heterocycles. The zero-order valence-corrected chi connectivity index (χ0v) is 13.4. The Bertz CT molecular complexity index is 226. The smallest absolute Gasteiger partial charge is 0.00204 e. The first-order chi connectivity index (χ1) is 8.37. The number of nitrogens with two attached hydrogens (primary N) is 1. The molecule has 1 aliphatic carbocycles. The zero-order valence-electron chi connectivity index (χ0n) is 13.4. The van der Waals surface area contributed by atoms with E-state index in [1.54, 1.807) is 0 Å². The van der Waals surface area contributed by atoms with Crippen LogP contribution >= 0.6 is 0 Å². The minimum absolute atomic E-state index is 0.471. The van der Waals surface area contributed by atoms with E-state index in [-0.39, 0.29) is 0 Å². The van der Waals surface area contributed by atoms with E-state index >= 15 is 0 Å². The predicted molar refractivity (Wildman–Crippen MR) is 81.6 cm³/mol. The van der Waals surface area contributed by atoms with Crippen LogP contribution in [0.1, 0.15) is 79.6 Å². The second kappa shape index (κ2) is 6.41. The van der Waals surface area contributed by atoms with Crippen LogP contribution in [0.4, 0.5) is 0 Å². The summed E-state index contributed by atoms with van der Waals surface area (Å²) in [6.45, 7) is 12.8. The van der Waals surface area contributed by atoms with Crippen molar-refractivity contribution in [3.63, 3.8) is 0 Å². The van der Waals surface area contributed by atoms with Crippen molar-refractivity contribution in [1.82, 2.24) is 0 Å². The van der Waals surface area contributed by atoms with Crippen LogP contribution in [0.15, 0.2) is 0 Å². The fraction of sp³-hybridized carbons (Fsp3) is 1.00. The van der Waals surface area contributed by atoms with E-state index in [9.17, 15) is 0 Å². The highest BCUT2D eigenvalue weighted by Gasteiger charge is 2.38. The Labute approximate surface area is 115 Å². The summed E-state index contributed by atoms with van der Waals surface area (Å²) in [6, 6.07) is 0. The lowest BCUT2D eigenvalue weighted by atomic mass is 9.61. The zero-order chi connectivity index (χ0) is 13.8. The standard InChI is InChI=1S/C17H35N/c1-6-14(7-2)12-17(13-18)10-8-15(9-11-17)16(3,4)5/h14-15H,6-13,18H2,1-5H3. The lowest BCUT2D eigenvalue weighted by molar-refractivity contribution is 0.0716. The summed E-state index contributed by atoms with van der Waals surface area (Å²) in [5.41, 5.74) is 7.10. The van der Waals surface area contributed by atoms with E-state index < -0.39 is 0 Å². The molecule has 0 aromatic rings. The first-order valence-electron chi connectivity index (χ1n) is 8.07. The van der Waals surface area contributed by atoms with E-state index in [0.29, 0.717) is 10.8 Å². The van der Waals surface area contributed by atoms with Crippen LogP contribution < -0.4 is 5.73 Å². The van der Waals surface area contributed by atoms with Gasteiger partial charge in [-0.05, 0) is 61.3 Å². The van der Waals surface area contributed by atoms with Gasteiger partial charge in [-0.15, -0.1) is 0 Å². The Hall–Kier alpha value is -0.0400. The highest BCUT2D eigenvalue weighted by atomic mass is 14.6. The molecule has 0 amide bonds. The van der Waals surface area contributed by atoms with Crippen molar-refractivity contribution >= 4 is 0 Å². The number of hydrogen-bond acceptors (Lipinski definition) is 1. The van der Waals surface area contributed by atoms with Crippen molar-refractivity contribution < 1.29 is 0 Å². The maximum absolute atomic E-state index is 6.15. The Morgan fingerprint density at radius 2 is 1.61 bits per heavy atom. The molecule has 1 aliphatic rings. The maximum Gasteiger partial charge on any atom is -0.00204 e. The van der Waals surface area contributed by atoms with Crippen LogP contribution in [-0.2, 0) is 0 Å². The van der Waals surface area contributed by atoms with Crippen LogP contribution in [0.25, 0.3) is 0 Å². The maximum atomic E-state index is 6.15. The minimum atomic E-state index is 0.471. The summed E-state index contributed by atoms with van der Waals surface area (Å²) >= 11 is 0. The van der Waals surface area contributed by atoms with E-state index in [1.165, 1.54) is 44.9 Å². The van der Waals surface area contributed by atoms with Gasteiger partial charge in [-0.2, -0.15) is 0 Å². The van der Waals surface area contributed by atoms with Gasteiger partial charge in [-0.1, -0.05) is 47.5 Å². The van der Waals surface area contributed by atoms with Crippen LogP contribution in [0.3, 0.4) is 0 Å². The summed E-state index contributed by atoms with van der Waals surface area (Å²) in [7, 11) is 0. The normalized spacial score (nSPS) is 29.8. The highest BCUT2D eigenvalue weighted by molar-refractivity contribution is 4.90. The summed E-state index contributed by atoms with van der Waals surface area (Å²) < 4.78 is 0. The fourth-order valence-corrected chi connectivity index (χ4v) is 3.78. The quantitative estimate of drug-likeness (QED) is 0.733. The van der Waals surface area contributed by atoms with Crippen molar-refractivity contribution in [3.8, 4) is 0 Å². The van der Waals surface area contributed by atoms with Gasteiger partial charge in [0.25, 0.3) is 0 Å². The van der Waals surface area contributed by atoms with Crippen LogP contribution in [-0.4, -0.2) is 6.54 Å². The molecule has 1 fully saturated rings. The molecule has 2 N–H and O–H groups in total. The molecule has 0 aromatic heterocycles. The molecule has 1 saturated carbocycles. The van der Waals surface area contributed by atoms with E-state index in [0.717, 1.165) is 18.4 Å². The molecule has 1 nitrogen and oxygen atoms in total. The molecule has 108 valence electrons. The van der Waals surface area contributed by atoms with Crippen LogP contribution in [0.2, 0.25) is 0 Å². The first-order valence-corrected chi connectivity index (χ1v) is 8.07. The lowest BCUT2D eigenvalue weighted by Crippen LogP contribution is -2.39. The summed E-state index contributed by atoms with van der Waals surface area (Å²) in [6.07, 6.45) is 9.51. The molecular weight excluding hydrogens is 218 g/mol. The van der Waals surface area contributed by atoms with Gasteiger partial charge in [0.05, 0.1) is 0 Å². The minimum Gasteiger partial charge on any atom is -0.330 e. The molecular formula is C17H35N. The molecule has 1 rings (SSSR count). The van der Waals surface area contributed by atoms with Gasteiger partial charge in [0, 0.05) is 0 Å². The highest BCUT2D eigenvalue weighted by Crippen LogP contribution is 2.48. The molecule has 1 heteroatoms. The molecule has 0 bridgehead atoms. The SMILES string of the molecule is CCC(CC)CC1(CN)CCC(C(C)(C)C)CC1. The van der Waals surface area contributed by atoms with Crippen molar-refractivity contribution in [1.29, 1.82) is 0 Å². The second-order valence-electron chi connectivity index (χ2n) is 7.73. The largest absolute Gasteiger partial charge is 0.330 e. The third-order valence-electron chi connectivity index (χ3n) is 5.58. The average Bonchev–Trinajstić information content (AvgIpc) is 2.35. The van der Waals surface area contributed by atoms with Crippen molar-refractivity contribution in [3.05, 3.63) is 0 Å². The molecule has 0 spiro atoms. The third kappa shape index (κ3) is 3.98. The summed E-state index contributed by atoms with van der Waals surface area (Å²) in [5, 5.41) is 0. The van der Waals surface area contributed by atoms with Crippen LogP contribution in [0, 0.1) is 22.7 Å². The Balaban J connectivity index is 2.60. The van der Waals surface area contributed by atoms with E-state index in [1.807, 2.05) is 0 Å². The topological polar surface area (TPSA) is 26.0 Å². The average molecular weight is 253 g/mol. The predicted octanol–water partition coefficient (Wildman–Crippen LogP) is 4.99. The summed E-state index contributed by atoms with van der Waals surface area (Å²) in [5.74, 6) is 1.79. The van der Waals surface area contributed by atoms with Crippen molar-refractivity contribution in [2.75, 3.05) is 6.54 Å². The third-order valence-corrected chi connectivity index (χ3v) is 5.58. The van der Waals surface area contributed by atoms with Gasteiger partial charge >= 0.3 is 0 Å². The van der Waals surface area contributed by atoms with Gasteiger partial charge in [0.15, 0.2) is 0 Å². The molecule has 0 unspecified atom stereocenters. The Morgan fingerprint density at radius 3 is 1.94 bits per heavy atom.